The Balaban J connectivity index is 1.86. The van der Waals surface area contributed by atoms with Gasteiger partial charge in [0.05, 0.1) is 13.2 Å². The summed E-state index contributed by atoms with van der Waals surface area (Å²) in [5.74, 6) is 0.105. The van der Waals surface area contributed by atoms with Crippen molar-refractivity contribution in [2.75, 3.05) is 26.3 Å². The highest BCUT2D eigenvalue weighted by atomic mass is 79.9. The van der Waals surface area contributed by atoms with E-state index in [0.29, 0.717) is 26.3 Å². The summed E-state index contributed by atoms with van der Waals surface area (Å²) >= 11 is 3.53. The van der Waals surface area contributed by atoms with Crippen molar-refractivity contribution in [3.05, 3.63) is 41.0 Å². The molecule has 0 aromatic heterocycles. The minimum atomic E-state index is 0.105. The van der Waals surface area contributed by atoms with Crippen molar-refractivity contribution < 1.29 is 9.53 Å². The summed E-state index contributed by atoms with van der Waals surface area (Å²) in [6.07, 6.45) is 3.08. The molecule has 1 fully saturated rings. The zero-order valence-electron chi connectivity index (χ0n) is 9.99. The van der Waals surface area contributed by atoms with Gasteiger partial charge in [-0.15, -0.1) is 0 Å². The normalized spacial score (nSPS) is 18.5. The number of benzene rings is 1. The third-order valence-corrected chi connectivity index (χ3v) is 4.16. The fourth-order valence-electron chi connectivity index (χ4n) is 2.37. The molecule has 0 spiro atoms. The molecule has 1 aliphatic carbocycles. The quantitative estimate of drug-likeness (QED) is 0.797. The van der Waals surface area contributed by atoms with Gasteiger partial charge in [-0.05, 0) is 29.7 Å². The van der Waals surface area contributed by atoms with Crippen LogP contribution in [0.4, 0.5) is 0 Å². The van der Waals surface area contributed by atoms with E-state index in [9.17, 15) is 4.79 Å². The fourth-order valence-corrected chi connectivity index (χ4v) is 2.90. The first kappa shape index (κ1) is 11.9. The summed E-state index contributed by atoms with van der Waals surface area (Å²) in [6, 6.07) is 5.96. The molecule has 0 N–H and O–H groups in total. The van der Waals surface area contributed by atoms with Crippen molar-refractivity contribution in [1.82, 2.24) is 4.90 Å². The number of morpholine rings is 1. The standard InChI is InChI=1S/C14H14BrNO2/c15-13-4-3-10-1-2-11(9-12(10)13)14(17)16-5-7-18-8-6-16/h1-2,4,9H,3,5-8H2. The molecule has 2 aliphatic rings. The first-order valence-electron chi connectivity index (χ1n) is 6.12. The number of ether oxygens (including phenoxy) is 1. The van der Waals surface area contributed by atoms with Crippen molar-refractivity contribution in [1.29, 1.82) is 0 Å². The van der Waals surface area contributed by atoms with Gasteiger partial charge in [-0.2, -0.15) is 0 Å². The zero-order chi connectivity index (χ0) is 12.5. The second-order valence-electron chi connectivity index (χ2n) is 4.53. The minimum absolute atomic E-state index is 0.105. The van der Waals surface area contributed by atoms with Gasteiger partial charge < -0.3 is 9.64 Å². The molecule has 94 valence electrons. The summed E-state index contributed by atoms with van der Waals surface area (Å²) in [5, 5.41) is 0. The lowest BCUT2D eigenvalue weighted by Crippen LogP contribution is -2.40. The smallest absolute Gasteiger partial charge is 0.254 e. The average molecular weight is 308 g/mol. The van der Waals surface area contributed by atoms with Crippen LogP contribution in [0.5, 0.6) is 0 Å². The highest BCUT2D eigenvalue weighted by molar-refractivity contribution is 9.15. The molecule has 1 aliphatic heterocycles. The van der Waals surface area contributed by atoms with Crippen LogP contribution in [-0.2, 0) is 11.2 Å². The van der Waals surface area contributed by atoms with E-state index in [0.717, 1.165) is 22.0 Å². The van der Waals surface area contributed by atoms with Crippen LogP contribution in [0.15, 0.2) is 24.3 Å². The van der Waals surface area contributed by atoms with Gasteiger partial charge >= 0.3 is 0 Å². The number of fused-ring (bicyclic) bond motifs is 1. The van der Waals surface area contributed by atoms with Crippen LogP contribution >= 0.6 is 15.9 Å². The predicted molar refractivity (Wildman–Crippen MR) is 73.8 cm³/mol. The predicted octanol–water partition coefficient (Wildman–Crippen LogP) is 2.45. The topological polar surface area (TPSA) is 29.5 Å². The summed E-state index contributed by atoms with van der Waals surface area (Å²) < 4.78 is 6.36. The van der Waals surface area contributed by atoms with E-state index >= 15 is 0 Å². The summed E-state index contributed by atoms with van der Waals surface area (Å²) in [5.41, 5.74) is 3.19. The van der Waals surface area contributed by atoms with E-state index in [4.69, 9.17) is 4.74 Å². The first-order chi connectivity index (χ1) is 8.75. The van der Waals surface area contributed by atoms with Gasteiger partial charge in [0, 0.05) is 23.1 Å². The average Bonchev–Trinajstić information content (AvgIpc) is 2.80. The summed E-state index contributed by atoms with van der Waals surface area (Å²) in [6.45, 7) is 2.65. The Labute approximate surface area is 115 Å². The number of rotatable bonds is 1. The van der Waals surface area contributed by atoms with E-state index in [2.05, 4.69) is 22.0 Å². The number of carbonyl (C=O) groups is 1. The first-order valence-corrected chi connectivity index (χ1v) is 6.91. The molecular weight excluding hydrogens is 294 g/mol. The number of hydrogen-bond donors (Lipinski definition) is 0. The van der Waals surface area contributed by atoms with Crippen LogP contribution in [0.25, 0.3) is 4.48 Å². The maximum atomic E-state index is 12.3. The van der Waals surface area contributed by atoms with E-state index < -0.39 is 0 Å². The molecule has 0 bridgehead atoms. The number of nitrogens with zero attached hydrogens (tertiary/aromatic N) is 1. The number of allylic oxidation sites excluding steroid dienone is 1. The molecule has 3 nitrogen and oxygen atoms in total. The zero-order valence-corrected chi connectivity index (χ0v) is 11.6. The van der Waals surface area contributed by atoms with Crippen LogP contribution in [0.2, 0.25) is 0 Å². The Morgan fingerprint density at radius 2 is 2.06 bits per heavy atom. The number of halogens is 1. The van der Waals surface area contributed by atoms with Gasteiger partial charge in [-0.25, -0.2) is 0 Å². The van der Waals surface area contributed by atoms with Crippen LogP contribution in [-0.4, -0.2) is 37.1 Å². The van der Waals surface area contributed by atoms with Gasteiger partial charge in [-0.3, -0.25) is 4.79 Å². The lowest BCUT2D eigenvalue weighted by Gasteiger charge is -2.27. The number of hydrogen-bond acceptors (Lipinski definition) is 2. The molecule has 0 unspecified atom stereocenters. The Morgan fingerprint density at radius 3 is 2.83 bits per heavy atom. The molecule has 0 saturated carbocycles. The minimum Gasteiger partial charge on any atom is -0.378 e. The summed E-state index contributed by atoms with van der Waals surface area (Å²) in [7, 11) is 0. The molecule has 1 heterocycles. The second kappa shape index (κ2) is 4.86. The molecule has 4 heteroatoms. The maximum Gasteiger partial charge on any atom is 0.254 e. The number of carbonyl (C=O) groups excluding carboxylic acids is 1. The van der Waals surface area contributed by atoms with Gasteiger partial charge in [0.2, 0.25) is 0 Å². The van der Waals surface area contributed by atoms with Crippen molar-refractivity contribution in [2.24, 2.45) is 0 Å². The Bertz CT molecular complexity index is 519. The molecule has 1 amide bonds. The largest absolute Gasteiger partial charge is 0.378 e. The lowest BCUT2D eigenvalue weighted by atomic mass is 10.1. The third-order valence-electron chi connectivity index (χ3n) is 3.41. The molecule has 0 radical (unpaired) electrons. The Kier molecular flexibility index (Phi) is 3.22. The monoisotopic (exact) mass is 307 g/mol. The van der Waals surface area contributed by atoms with Gasteiger partial charge in [0.15, 0.2) is 0 Å². The maximum absolute atomic E-state index is 12.3. The van der Waals surface area contributed by atoms with E-state index in [1.165, 1.54) is 5.56 Å². The number of amides is 1. The van der Waals surface area contributed by atoms with Gasteiger partial charge in [-0.1, -0.05) is 28.1 Å². The highest BCUT2D eigenvalue weighted by Crippen LogP contribution is 2.32. The van der Waals surface area contributed by atoms with Crippen molar-refractivity contribution >= 4 is 26.3 Å². The van der Waals surface area contributed by atoms with Gasteiger partial charge in [0.25, 0.3) is 5.91 Å². The molecular formula is C14H14BrNO2. The van der Waals surface area contributed by atoms with Crippen LogP contribution in [0, 0.1) is 0 Å². The molecule has 1 saturated heterocycles. The molecule has 0 atom stereocenters. The fraction of sp³-hybridized carbons (Fsp3) is 0.357. The van der Waals surface area contributed by atoms with Crippen LogP contribution in [0.1, 0.15) is 21.5 Å². The molecule has 3 rings (SSSR count). The van der Waals surface area contributed by atoms with Gasteiger partial charge in [0.1, 0.15) is 0 Å². The van der Waals surface area contributed by atoms with E-state index in [1.54, 1.807) is 0 Å². The molecule has 1 aromatic rings. The van der Waals surface area contributed by atoms with E-state index in [1.807, 2.05) is 23.1 Å². The molecule has 18 heavy (non-hydrogen) atoms. The van der Waals surface area contributed by atoms with Crippen LogP contribution in [0.3, 0.4) is 0 Å². The lowest BCUT2D eigenvalue weighted by molar-refractivity contribution is 0.0303. The SMILES string of the molecule is O=C(c1ccc2c(c1)C(Br)=CC2)N1CCOCC1. The van der Waals surface area contributed by atoms with Crippen molar-refractivity contribution in [3.63, 3.8) is 0 Å². The Morgan fingerprint density at radius 1 is 1.28 bits per heavy atom. The second-order valence-corrected chi connectivity index (χ2v) is 5.39. The molecule has 1 aromatic carbocycles. The van der Waals surface area contributed by atoms with E-state index in [-0.39, 0.29) is 5.91 Å². The Hall–Kier alpha value is -1.13. The third kappa shape index (κ3) is 2.10. The highest BCUT2D eigenvalue weighted by Gasteiger charge is 2.20. The van der Waals surface area contributed by atoms with Crippen molar-refractivity contribution in [2.45, 2.75) is 6.42 Å². The van der Waals surface area contributed by atoms with Crippen LogP contribution < -0.4 is 0 Å². The van der Waals surface area contributed by atoms with Crippen molar-refractivity contribution in [3.8, 4) is 0 Å². The summed E-state index contributed by atoms with van der Waals surface area (Å²) in [4.78, 5) is 14.2.